The number of carbonyl (C=O) groups excluding carboxylic acids is 2. The SMILES string of the molecule is COc1cc2nc(N3CCN(C(=O)OCc4ccccc4)[C@@H](C(=O)NC(C)(C)C)C3)nc(N)c2cc1OC. The maximum absolute atomic E-state index is 13.3. The molecule has 4 rings (SSSR count). The molecule has 1 atom stereocenters. The minimum atomic E-state index is -0.822. The van der Waals surface area contributed by atoms with Crippen molar-refractivity contribution >= 4 is 34.7 Å². The number of nitrogen functional groups attached to an aromatic ring is 1. The number of nitrogens with one attached hydrogen (secondary N) is 1. The van der Waals surface area contributed by atoms with Gasteiger partial charge in [0, 0.05) is 30.1 Å². The molecule has 1 fully saturated rings. The number of ether oxygens (including phenoxy) is 3. The van der Waals surface area contributed by atoms with Crippen LogP contribution in [0.1, 0.15) is 26.3 Å². The van der Waals surface area contributed by atoms with Crippen LogP contribution < -0.4 is 25.4 Å². The number of hydrogen-bond acceptors (Lipinski definition) is 9. The molecule has 1 aromatic heterocycles. The van der Waals surface area contributed by atoms with Crippen LogP contribution in [0.5, 0.6) is 11.5 Å². The maximum atomic E-state index is 13.3. The van der Waals surface area contributed by atoms with E-state index in [1.165, 1.54) is 4.90 Å². The predicted molar refractivity (Wildman–Crippen MR) is 144 cm³/mol. The van der Waals surface area contributed by atoms with Crippen LogP contribution in [0.4, 0.5) is 16.6 Å². The van der Waals surface area contributed by atoms with Crippen LogP contribution in [0.3, 0.4) is 0 Å². The van der Waals surface area contributed by atoms with Crippen molar-refractivity contribution in [3.8, 4) is 11.5 Å². The smallest absolute Gasteiger partial charge is 0.410 e. The summed E-state index contributed by atoms with van der Waals surface area (Å²) in [5, 5.41) is 3.60. The first-order valence-electron chi connectivity index (χ1n) is 12.3. The molecule has 38 heavy (non-hydrogen) atoms. The molecule has 2 aromatic carbocycles. The Balaban J connectivity index is 1.60. The second-order valence-electron chi connectivity index (χ2n) is 10.1. The van der Waals surface area contributed by atoms with Gasteiger partial charge in [-0.1, -0.05) is 30.3 Å². The van der Waals surface area contributed by atoms with Crippen LogP contribution in [0.2, 0.25) is 0 Å². The van der Waals surface area contributed by atoms with Crippen molar-refractivity contribution in [3.63, 3.8) is 0 Å². The number of aromatic nitrogens is 2. The number of rotatable bonds is 6. The highest BCUT2D eigenvalue weighted by atomic mass is 16.6. The number of carbonyl (C=O) groups is 2. The molecule has 0 bridgehead atoms. The predicted octanol–water partition coefficient (Wildman–Crippen LogP) is 2.97. The summed E-state index contributed by atoms with van der Waals surface area (Å²) < 4.78 is 16.3. The highest BCUT2D eigenvalue weighted by molar-refractivity contribution is 5.92. The second-order valence-corrected chi connectivity index (χ2v) is 10.1. The number of amides is 2. The van der Waals surface area contributed by atoms with E-state index in [4.69, 9.17) is 24.9 Å². The van der Waals surface area contributed by atoms with Gasteiger partial charge >= 0.3 is 6.09 Å². The molecular formula is C27H34N6O5. The zero-order valence-corrected chi connectivity index (χ0v) is 22.4. The van der Waals surface area contributed by atoms with Gasteiger partial charge in [-0.15, -0.1) is 0 Å². The van der Waals surface area contributed by atoms with Gasteiger partial charge in [0.25, 0.3) is 0 Å². The summed E-state index contributed by atoms with van der Waals surface area (Å²) in [6.45, 7) is 6.57. The average Bonchev–Trinajstić information content (AvgIpc) is 2.90. The van der Waals surface area contributed by atoms with E-state index >= 15 is 0 Å². The Morgan fingerprint density at radius 1 is 1.05 bits per heavy atom. The normalized spacial score (nSPS) is 15.8. The number of methoxy groups -OCH3 is 2. The Morgan fingerprint density at radius 3 is 2.39 bits per heavy atom. The molecule has 0 unspecified atom stereocenters. The lowest BCUT2D eigenvalue weighted by Crippen LogP contribution is -2.62. The fourth-order valence-electron chi connectivity index (χ4n) is 4.27. The number of fused-ring (bicyclic) bond motifs is 1. The number of hydrogen-bond donors (Lipinski definition) is 2. The lowest BCUT2D eigenvalue weighted by Gasteiger charge is -2.40. The lowest BCUT2D eigenvalue weighted by molar-refractivity contribution is -0.127. The lowest BCUT2D eigenvalue weighted by atomic mass is 10.1. The second kappa shape index (κ2) is 11.0. The minimum absolute atomic E-state index is 0.114. The fourth-order valence-corrected chi connectivity index (χ4v) is 4.27. The van der Waals surface area contributed by atoms with Crippen LogP contribution >= 0.6 is 0 Å². The van der Waals surface area contributed by atoms with Crippen LogP contribution in [0.15, 0.2) is 42.5 Å². The zero-order chi connectivity index (χ0) is 27.4. The van der Waals surface area contributed by atoms with Gasteiger partial charge in [0.2, 0.25) is 11.9 Å². The van der Waals surface area contributed by atoms with Crippen molar-refractivity contribution in [2.24, 2.45) is 0 Å². The van der Waals surface area contributed by atoms with E-state index in [0.717, 1.165) is 5.56 Å². The number of anilines is 2. The van der Waals surface area contributed by atoms with Gasteiger partial charge in [-0.25, -0.2) is 9.78 Å². The highest BCUT2D eigenvalue weighted by Gasteiger charge is 2.38. The third kappa shape index (κ3) is 5.99. The number of piperazine rings is 1. The van der Waals surface area contributed by atoms with Crippen molar-refractivity contribution in [3.05, 3.63) is 48.0 Å². The standard InChI is InChI=1S/C27H34N6O5/c1-27(2,3)31-24(34)20-15-32(11-12-33(20)26(35)38-16-17-9-7-6-8-10-17)25-29-19-14-22(37-5)21(36-4)13-18(19)23(28)30-25/h6-10,13-14,20H,11-12,15-16H2,1-5H3,(H,31,34)(H2,28,29,30)/t20-/m1/s1. The Bertz CT molecular complexity index is 1310. The van der Waals surface area contributed by atoms with E-state index < -0.39 is 17.7 Å². The Kier molecular flexibility index (Phi) is 7.75. The quantitative estimate of drug-likeness (QED) is 0.501. The molecule has 3 N–H and O–H groups in total. The number of benzene rings is 2. The minimum Gasteiger partial charge on any atom is -0.493 e. The van der Waals surface area contributed by atoms with Gasteiger partial charge < -0.3 is 30.2 Å². The van der Waals surface area contributed by atoms with E-state index in [0.29, 0.717) is 34.9 Å². The molecule has 1 saturated heterocycles. The molecule has 3 aromatic rings. The van der Waals surface area contributed by atoms with Gasteiger partial charge in [-0.2, -0.15) is 4.98 Å². The molecular weight excluding hydrogens is 488 g/mol. The van der Waals surface area contributed by atoms with E-state index in [9.17, 15) is 9.59 Å². The van der Waals surface area contributed by atoms with Crippen molar-refractivity contribution in [2.45, 2.75) is 39.0 Å². The van der Waals surface area contributed by atoms with Crippen LogP contribution in [-0.4, -0.2) is 72.3 Å². The molecule has 11 heteroatoms. The summed E-state index contributed by atoms with van der Waals surface area (Å²) in [4.78, 5) is 38.9. The Morgan fingerprint density at radius 2 is 1.74 bits per heavy atom. The van der Waals surface area contributed by atoms with Crippen LogP contribution in [0, 0.1) is 0 Å². The zero-order valence-electron chi connectivity index (χ0n) is 22.4. The average molecular weight is 523 g/mol. The molecule has 2 amide bonds. The molecule has 0 saturated carbocycles. The van der Waals surface area contributed by atoms with Crippen LogP contribution in [0.25, 0.3) is 10.9 Å². The van der Waals surface area contributed by atoms with E-state index in [2.05, 4.69) is 10.3 Å². The molecule has 2 heterocycles. The summed E-state index contributed by atoms with van der Waals surface area (Å²) in [5.41, 5.74) is 7.24. The first-order chi connectivity index (χ1) is 18.1. The monoisotopic (exact) mass is 522 g/mol. The Hall–Kier alpha value is -4.28. The first-order valence-corrected chi connectivity index (χ1v) is 12.3. The largest absolute Gasteiger partial charge is 0.493 e. The molecule has 0 radical (unpaired) electrons. The summed E-state index contributed by atoms with van der Waals surface area (Å²) in [6.07, 6.45) is -0.557. The maximum Gasteiger partial charge on any atom is 0.410 e. The molecule has 1 aliphatic rings. The summed E-state index contributed by atoms with van der Waals surface area (Å²) in [6, 6.07) is 12.0. The number of nitrogens with zero attached hydrogens (tertiary/aromatic N) is 4. The number of nitrogens with two attached hydrogens (primary N) is 1. The van der Waals surface area contributed by atoms with Gasteiger partial charge in [0.05, 0.1) is 26.3 Å². The van der Waals surface area contributed by atoms with E-state index in [1.807, 2.05) is 56.0 Å². The van der Waals surface area contributed by atoms with Gasteiger partial charge in [-0.05, 0) is 32.4 Å². The fraction of sp³-hybridized carbons (Fsp3) is 0.407. The summed E-state index contributed by atoms with van der Waals surface area (Å²) in [5.74, 6) is 1.36. The molecule has 1 aliphatic heterocycles. The third-order valence-electron chi connectivity index (χ3n) is 6.12. The van der Waals surface area contributed by atoms with E-state index in [-0.39, 0.29) is 31.4 Å². The van der Waals surface area contributed by atoms with Gasteiger partial charge in [0.1, 0.15) is 18.5 Å². The molecule has 0 aliphatic carbocycles. The topological polar surface area (TPSA) is 132 Å². The van der Waals surface area contributed by atoms with Gasteiger partial charge in [0.15, 0.2) is 11.5 Å². The summed E-state index contributed by atoms with van der Waals surface area (Å²) >= 11 is 0. The van der Waals surface area contributed by atoms with Crippen LogP contribution in [-0.2, 0) is 16.1 Å². The van der Waals surface area contributed by atoms with Crippen molar-refractivity contribution < 1.29 is 23.8 Å². The highest BCUT2D eigenvalue weighted by Crippen LogP contribution is 2.34. The third-order valence-corrected chi connectivity index (χ3v) is 6.12. The molecule has 11 nitrogen and oxygen atoms in total. The van der Waals surface area contributed by atoms with Crippen molar-refractivity contribution in [1.82, 2.24) is 20.2 Å². The van der Waals surface area contributed by atoms with Crippen molar-refractivity contribution in [2.75, 3.05) is 44.5 Å². The Labute approximate surface area is 221 Å². The van der Waals surface area contributed by atoms with Gasteiger partial charge in [-0.3, -0.25) is 9.69 Å². The molecule has 0 spiro atoms. The molecule has 202 valence electrons. The summed E-state index contributed by atoms with van der Waals surface area (Å²) in [7, 11) is 3.09. The van der Waals surface area contributed by atoms with Crippen molar-refractivity contribution in [1.29, 1.82) is 0 Å². The first kappa shape index (κ1) is 26.8. The van der Waals surface area contributed by atoms with E-state index in [1.54, 1.807) is 26.4 Å².